The Morgan fingerprint density at radius 2 is 2.03 bits per heavy atom. The van der Waals surface area contributed by atoms with Crippen molar-refractivity contribution < 1.29 is 18.7 Å². The van der Waals surface area contributed by atoms with Crippen molar-refractivity contribution >= 4 is 17.7 Å². The Hall–Kier alpha value is -2.73. The molecule has 1 aromatic carbocycles. The van der Waals surface area contributed by atoms with E-state index in [1.165, 1.54) is 0 Å². The molecule has 0 aliphatic heterocycles. The summed E-state index contributed by atoms with van der Waals surface area (Å²) in [6.07, 6.45) is 4.49. The predicted molar refractivity (Wildman–Crippen MR) is 108 cm³/mol. The van der Waals surface area contributed by atoms with Gasteiger partial charge in [-0.1, -0.05) is 31.0 Å². The Morgan fingerprint density at radius 1 is 1.28 bits per heavy atom. The molecule has 0 spiro atoms. The molecule has 0 N–H and O–H groups in total. The number of hydrogen-bond acceptors (Lipinski definition) is 8. The summed E-state index contributed by atoms with van der Waals surface area (Å²) in [4.78, 5) is 14.2. The van der Waals surface area contributed by atoms with Crippen molar-refractivity contribution in [1.82, 2.24) is 15.1 Å². The Bertz CT molecular complexity index is 902. The number of carbonyl (C=O) groups excluding carboxylic acids is 1. The smallest absolute Gasteiger partial charge is 0.277 e. The van der Waals surface area contributed by atoms with Gasteiger partial charge in [0.2, 0.25) is 5.91 Å². The molecule has 0 saturated heterocycles. The van der Waals surface area contributed by atoms with E-state index in [0.29, 0.717) is 23.0 Å². The average molecular weight is 417 g/mol. The summed E-state index contributed by atoms with van der Waals surface area (Å²) in [6, 6.07) is 7.65. The summed E-state index contributed by atoms with van der Waals surface area (Å²) in [5.41, 5.74) is -0.0615. The molecule has 0 radical (unpaired) electrons. The van der Waals surface area contributed by atoms with E-state index < -0.39 is 5.54 Å². The fourth-order valence-electron chi connectivity index (χ4n) is 3.47. The fourth-order valence-corrected chi connectivity index (χ4v) is 4.15. The van der Waals surface area contributed by atoms with E-state index in [0.717, 1.165) is 43.9 Å². The van der Waals surface area contributed by atoms with Crippen molar-refractivity contribution in [3.8, 4) is 29.0 Å². The van der Waals surface area contributed by atoms with E-state index in [-0.39, 0.29) is 16.9 Å². The second kappa shape index (κ2) is 9.18. The molecule has 8 nitrogen and oxygen atoms in total. The first-order valence-corrected chi connectivity index (χ1v) is 10.4. The number of hydrogen-bond donors (Lipinski definition) is 0. The lowest BCUT2D eigenvalue weighted by Crippen LogP contribution is -2.50. The maximum Gasteiger partial charge on any atom is 0.277 e. The Labute approximate surface area is 174 Å². The van der Waals surface area contributed by atoms with Crippen LogP contribution in [-0.2, 0) is 4.79 Å². The van der Waals surface area contributed by atoms with Gasteiger partial charge in [-0.2, -0.15) is 5.26 Å². The molecule has 154 valence electrons. The van der Waals surface area contributed by atoms with Gasteiger partial charge in [-0.15, -0.1) is 10.2 Å². The Morgan fingerprint density at radius 3 is 2.69 bits per heavy atom. The van der Waals surface area contributed by atoms with Gasteiger partial charge in [-0.3, -0.25) is 4.79 Å². The van der Waals surface area contributed by atoms with Gasteiger partial charge < -0.3 is 18.8 Å². The number of methoxy groups -OCH3 is 2. The normalized spacial score (nSPS) is 15.4. The van der Waals surface area contributed by atoms with Gasteiger partial charge in [0.05, 0.1) is 31.6 Å². The van der Waals surface area contributed by atoms with E-state index >= 15 is 0 Å². The van der Waals surface area contributed by atoms with Crippen molar-refractivity contribution in [3.63, 3.8) is 0 Å². The van der Waals surface area contributed by atoms with Gasteiger partial charge in [0.15, 0.2) is 0 Å². The molecule has 0 unspecified atom stereocenters. The summed E-state index contributed by atoms with van der Waals surface area (Å²) in [5.74, 6) is 1.51. The first-order chi connectivity index (χ1) is 14.0. The standard InChI is InChI=1S/C20H24N4O4S/c1-24(20(13-21)9-5-4-6-10-20)17(25)12-29-19-23-22-18(28-19)15-8-7-14(26-2)11-16(15)27-3/h7-8,11H,4-6,9-10,12H2,1-3H3. The first-order valence-electron chi connectivity index (χ1n) is 9.39. The van der Waals surface area contributed by atoms with Crippen LogP contribution in [0.1, 0.15) is 32.1 Å². The third-order valence-electron chi connectivity index (χ3n) is 5.27. The van der Waals surface area contributed by atoms with Gasteiger partial charge in [0.25, 0.3) is 11.1 Å². The Balaban J connectivity index is 1.66. The van der Waals surface area contributed by atoms with Crippen LogP contribution in [0.2, 0.25) is 0 Å². The Kier molecular flexibility index (Phi) is 6.64. The van der Waals surface area contributed by atoms with Crippen LogP contribution in [0.5, 0.6) is 11.5 Å². The summed E-state index contributed by atoms with van der Waals surface area (Å²) in [6.45, 7) is 0. The lowest BCUT2D eigenvalue weighted by Gasteiger charge is -2.38. The molecule has 1 heterocycles. The van der Waals surface area contributed by atoms with Crippen LogP contribution in [-0.4, -0.2) is 53.6 Å². The molecular weight excluding hydrogens is 392 g/mol. The number of nitrogens with zero attached hydrogens (tertiary/aromatic N) is 4. The molecule has 3 rings (SSSR count). The highest BCUT2D eigenvalue weighted by atomic mass is 32.2. The quantitative estimate of drug-likeness (QED) is 0.632. The first kappa shape index (κ1) is 21.0. The number of benzene rings is 1. The zero-order valence-corrected chi connectivity index (χ0v) is 17.6. The van der Waals surface area contributed by atoms with Crippen molar-refractivity contribution in [2.75, 3.05) is 27.0 Å². The topological polar surface area (TPSA) is 101 Å². The van der Waals surface area contributed by atoms with Gasteiger partial charge >= 0.3 is 0 Å². The highest BCUT2D eigenvalue weighted by molar-refractivity contribution is 7.99. The summed E-state index contributed by atoms with van der Waals surface area (Å²) >= 11 is 1.16. The van der Waals surface area contributed by atoms with E-state index in [2.05, 4.69) is 16.3 Å². The van der Waals surface area contributed by atoms with E-state index in [1.807, 2.05) is 0 Å². The number of rotatable bonds is 7. The third-order valence-corrected chi connectivity index (χ3v) is 6.07. The van der Waals surface area contributed by atoms with Crippen LogP contribution < -0.4 is 9.47 Å². The molecule has 1 saturated carbocycles. The van der Waals surface area contributed by atoms with Crippen LogP contribution in [0.25, 0.3) is 11.5 Å². The molecule has 0 bridgehead atoms. The zero-order valence-electron chi connectivity index (χ0n) is 16.8. The molecule has 9 heteroatoms. The lowest BCUT2D eigenvalue weighted by atomic mass is 9.81. The molecule has 29 heavy (non-hydrogen) atoms. The predicted octanol–water partition coefficient (Wildman–Crippen LogP) is 3.53. The molecule has 1 aromatic heterocycles. The van der Waals surface area contributed by atoms with Crippen molar-refractivity contribution in [1.29, 1.82) is 5.26 Å². The number of amides is 1. The number of thioether (sulfide) groups is 1. The number of nitriles is 1. The van der Waals surface area contributed by atoms with E-state index in [1.54, 1.807) is 44.4 Å². The number of ether oxygens (including phenoxy) is 2. The third kappa shape index (κ3) is 4.48. The van der Waals surface area contributed by atoms with Gasteiger partial charge in [0, 0.05) is 13.1 Å². The molecule has 1 amide bonds. The molecule has 1 aliphatic carbocycles. The van der Waals surface area contributed by atoms with Crippen molar-refractivity contribution in [3.05, 3.63) is 18.2 Å². The van der Waals surface area contributed by atoms with Crippen LogP contribution >= 0.6 is 11.8 Å². The van der Waals surface area contributed by atoms with Crippen LogP contribution in [0, 0.1) is 11.3 Å². The largest absolute Gasteiger partial charge is 0.497 e. The van der Waals surface area contributed by atoms with E-state index in [9.17, 15) is 10.1 Å². The second-order valence-electron chi connectivity index (χ2n) is 6.88. The summed E-state index contributed by atoms with van der Waals surface area (Å²) in [7, 11) is 4.83. The number of carbonyl (C=O) groups is 1. The number of aromatic nitrogens is 2. The van der Waals surface area contributed by atoms with Gasteiger partial charge in [-0.25, -0.2) is 0 Å². The van der Waals surface area contributed by atoms with Crippen LogP contribution in [0.15, 0.2) is 27.8 Å². The second-order valence-corrected chi connectivity index (χ2v) is 7.81. The van der Waals surface area contributed by atoms with Crippen LogP contribution in [0.3, 0.4) is 0 Å². The molecular formula is C20H24N4O4S. The van der Waals surface area contributed by atoms with Gasteiger partial charge in [0.1, 0.15) is 17.0 Å². The highest BCUT2D eigenvalue weighted by Gasteiger charge is 2.38. The monoisotopic (exact) mass is 416 g/mol. The molecule has 1 aliphatic rings. The minimum atomic E-state index is -0.702. The summed E-state index contributed by atoms with van der Waals surface area (Å²) in [5, 5.41) is 18.0. The highest BCUT2D eigenvalue weighted by Crippen LogP contribution is 2.35. The van der Waals surface area contributed by atoms with Crippen molar-refractivity contribution in [2.45, 2.75) is 42.9 Å². The SMILES string of the molecule is COc1ccc(-c2nnc(SCC(=O)N(C)C3(C#N)CCCCC3)o2)c(OC)c1. The summed E-state index contributed by atoms with van der Waals surface area (Å²) < 4.78 is 16.3. The average Bonchev–Trinajstić information content (AvgIpc) is 3.25. The maximum absolute atomic E-state index is 12.7. The maximum atomic E-state index is 12.7. The molecule has 1 fully saturated rings. The van der Waals surface area contributed by atoms with Crippen molar-refractivity contribution in [2.24, 2.45) is 0 Å². The zero-order chi connectivity index (χ0) is 20.9. The fraction of sp³-hybridized carbons (Fsp3) is 0.500. The molecule has 2 aromatic rings. The minimum absolute atomic E-state index is 0.125. The van der Waals surface area contributed by atoms with E-state index in [4.69, 9.17) is 13.9 Å². The van der Waals surface area contributed by atoms with Crippen LogP contribution in [0.4, 0.5) is 0 Å². The lowest BCUT2D eigenvalue weighted by molar-refractivity contribution is -0.131. The van der Waals surface area contributed by atoms with Gasteiger partial charge in [-0.05, 0) is 25.0 Å². The minimum Gasteiger partial charge on any atom is -0.497 e. The molecule has 0 atom stereocenters.